The van der Waals surface area contributed by atoms with Crippen LogP contribution in [0, 0.1) is 5.92 Å². The lowest BCUT2D eigenvalue weighted by Crippen LogP contribution is -2.28. The molecule has 0 spiro atoms. The lowest BCUT2D eigenvalue weighted by molar-refractivity contribution is -0.0592. The lowest BCUT2D eigenvalue weighted by atomic mass is 9.95. The van der Waals surface area contributed by atoms with E-state index >= 15 is 0 Å². The van der Waals surface area contributed by atoms with Crippen LogP contribution >= 0.6 is 0 Å². The highest BCUT2D eigenvalue weighted by molar-refractivity contribution is 5.42. The molecular weight excluding hydrogens is 244 g/mol. The standard InChI is InChI=1S/C15H24O4/c1-6-19-15(10(2)3)14(16)12-8-7-11(17-4)9-13(12)18-5/h7-10,14-16H,6H2,1-5H3. The molecule has 108 valence electrons. The van der Waals surface area contributed by atoms with Crippen molar-refractivity contribution in [1.82, 2.24) is 0 Å². The molecule has 0 amide bonds. The van der Waals surface area contributed by atoms with E-state index in [-0.39, 0.29) is 12.0 Å². The molecular formula is C15H24O4. The molecule has 0 radical (unpaired) electrons. The van der Waals surface area contributed by atoms with Crippen molar-refractivity contribution in [1.29, 1.82) is 0 Å². The normalized spacial score (nSPS) is 14.3. The van der Waals surface area contributed by atoms with Crippen molar-refractivity contribution in [2.75, 3.05) is 20.8 Å². The number of aliphatic hydroxyl groups excluding tert-OH is 1. The Balaban J connectivity index is 3.05. The first-order chi connectivity index (χ1) is 9.04. The molecule has 19 heavy (non-hydrogen) atoms. The van der Waals surface area contributed by atoms with Crippen molar-refractivity contribution in [2.45, 2.75) is 33.0 Å². The van der Waals surface area contributed by atoms with Crippen molar-refractivity contribution in [3.05, 3.63) is 23.8 Å². The van der Waals surface area contributed by atoms with Crippen LogP contribution in [-0.4, -0.2) is 32.0 Å². The Morgan fingerprint density at radius 1 is 1.16 bits per heavy atom. The fourth-order valence-corrected chi connectivity index (χ4v) is 2.08. The summed E-state index contributed by atoms with van der Waals surface area (Å²) in [6, 6.07) is 5.39. The van der Waals surface area contributed by atoms with Gasteiger partial charge in [0.1, 0.15) is 17.6 Å². The maximum absolute atomic E-state index is 10.5. The number of hydrogen-bond acceptors (Lipinski definition) is 4. The van der Waals surface area contributed by atoms with Gasteiger partial charge in [-0.25, -0.2) is 0 Å². The molecule has 2 unspecified atom stereocenters. The zero-order valence-corrected chi connectivity index (χ0v) is 12.3. The Morgan fingerprint density at radius 3 is 2.32 bits per heavy atom. The van der Waals surface area contributed by atoms with Gasteiger partial charge in [0, 0.05) is 18.2 Å². The molecule has 0 heterocycles. The van der Waals surface area contributed by atoms with Crippen molar-refractivity contribution in [3.8, 4) is 11.5 Å². The minimum Gasteiger partial charge on any atom is -0.497 e. The fourth-order valence-electron chi connectivity index (χ4n) is 2.08. The highest BCUT2D eigenvalue weighted by Crippen LogP contribution is 2.33. The molecule has 0 aliphatic carbocycles. The van der Waals surface area contributed by atoms with E-state index in [4.69, 9.17) is 14.2 Å². The fraction of sp³-hybridized carbons (Fsp3) is 0.600. The highest BCUT2D eigenvalue weighted by Gasteiger charge is 2.27. The summed E-state index contributed by atoms with van der Waals surface area (Å²) in [5, 5.41) is 10.5. The van der Waals surface area contributed by atoms with E-state index in [1.165, 1.54) is 0 Å². The molecule has 1 N–H and O–H groups in total. The second kappa shape index (κ2) is 7.36. The number of aliphatic hydroxyl groups is 1. The topological polar surface area (TPSA) is 47.9 Å². The summed E-state index contributed by atoms with van der Waals surface area (Å²) in [6.07, 6.45) is -0.979. The lowest BCUT2D eigenvalue weighted by Gasteiger charge is -2.27. The molecule has 4 nitrogen and oxygen atoms in total. The van der Waals surface area contributed by atoms with Gasteiger partial charge in [0.05, 0.1) is 20.3 Å². The van der Waals surface area contributed by atoms with Gasteiger partial charge in [-0.15, -0.1) is 0 Å². The van der Waals surface area contributed by atoms with Crippen LogP contribution in [0.5, 0.6) is 11.5 Å². The van der Waals surface area contributed by atoms with E-state index in [1.807, 2.05) is 32.9 Å². The quantitative estimate of drug-likeness (QED) is 0.826. The van der Waals surface area contributed by atoms with E-state index in [1.54, 1.807) is 20.3 Å². The van der Waals surface area contributed by atoms with E-state index < -0.39 is 6.10 Å². The zero-order chi connectivity index (χ0) is 14.4. The predicted octanol–water partition coefficient (Wildman–Crippen LogP) is 2.80. The van der Waals surface area contributed by atoms with Crippen molar-refractivity contribution >= 4 is 0 Å². The Bertz CT molecular complexity index is 390. The number of benzene rings is 1. The molecule has 0 aliphatic heterocycles. The second-order valence-electron chi connectivity index (χ2n) is 4.72. The number of methoxy groups -OCH3 is 2. The third-order valence-corrected chi connectivity index (χ3v) is 3.09. The highest BCUT2D eigenvalue weighted by atomic mass is 16.5. The van der Waals surface area contributed by atoms with Gasteiger partial charge >= 0.3 is 0 Å². The summed E-state index contributed by atoms with van der Waals surface area (Å²) in [5.74, 6) is 1.52. The third-order valence-electron chi connectivity index (χ3n) is 3.09. The molecule has 0 saturated heterocycles. The monoisotopic (exact) mass is 268 g/mol. The first-order valence-corrected chi connectivity index (χ1v) is 6.56. The van der Waals surface area contributed by atoms with Gasteiger partial charge < -0.3 is 19.3 Å². The number of ether oxygens (including phenoxy) is 3. The molecule has 1 aromatic carbocycles. The minimum absolute atomic E-state index is 0.210. The van der Waals surface area contributed by atoms with Crippen LogP contribution in [0.2, 0.25) is 0 Å². The van der Waals surface area contributed by atoms with Crippen LogP contribution in [0.3, 0.4) is 0 Å². The van der Waals surface area contributed by atoms with E-state index in [9.17, 15) is 5.11 Å². The van der Waals surface area contributed by atoms with E-state index in [0.717, 1.165) is 5.56 Å². The maximum Gasteiger partial charge on any atom is 0.128 e. The Morgan fingerprint density at radius 2 is 1.84 bits per heavy atom. The summed E-state index contributed by atoms with van der Waals surface area (Å²) in [5.41, 5.74) is 0.718. The third kappa shape index (κ3) is 3.85. The van der Waals surface area contributed by atoms with Gasteiger partial charge in [-0.2, -0.15) is 0 Å². The Labute approximate surface area is 115 Å². The maximum atomic E-state index is 10.5. The smallest absolute Gasteiger partial charge is 0.128 e. The molecule has 0 bridgehead atoms. The SMILES string of the molecule is CCOC(C(C)C)C(O)c1ccc(OC)cc1OC. The molecule has 0 saturated carbocycles. The van der Waals surface area contributed by atoms with Gasteiger partial charge in [0.15, 0.2) is 0 Å². The molecule has 2 atom stereocenters. The summed E-state index contributed by atoms with van der Waals surface area (Å²) in [6.45, 7) is 6.55. The predicted molar refractivity (Wildman–Crippen MR) is 74.8 cm³/mol. The van der Waals surface area contributed by atoms with Crippen LogP contribution in [0.4, 0.5) is 0 Å². The van der Waals surface area contributed by atoms with E-state index in [2.05, 4.69) is 0 Å². The molecule has 0 aromatic heterocycles. The zero-order valence-electron chi connectivity index (χ0n) is 12.3. The van der Waals surface area contributed by atoms with Gasteiger partial charge in [-0.05, 0) is 25.0 Å². The molecule has 0 aliphatic rings. The van der Waals surface area contributed by atoms with Crippen molar-refractivity contribution < 1.29 is 19.3 Å². The van der Waals surface area contributed by atoms with Crippen LogP contribution < -0.4 is 9.47 Å². The van der Waals surface area contributed by atoms with Crippen LogP contribution in [-0.2, 0) is 4.74 Å². The summed E-state index contributed by atoms with van der Waals surface area (Å²) < 4.78 is 16.1. The molecule has 4 heteroatoms. The van der Waals surface area contributed by atoms with Gasteiger partial charge in [-0.3, -0.25) is 0 Å². The molecule has 0 fully saturated rings. The average molecular weight is 268 g/mol. The first-order valence-electron chi connectivity index (χ1n) is 6.56. The average Bonchev–Trinajstić information content (AvgIpc) is 2.42. The van der Waals surface area contributed by atoms with Crippen LogP contribution in [0.1, 0.15) is 32.4 Å². The van der Waals surface area contributed by atoms with Crippen molar-refractivity contribution in [2.24, 2.45) is 5.92 Å². The molecule has 1 rings (SSSR count). The van der Waals surface area contributed by atoms with Gasteiger partial charge in [-0.1, -0.05) is 13.8 Å². The Kier molecular flexibility index (Phi) is 6.12. The summed E-state index contributed by atoms with van der Waals surface area (Å²) >= 11 is 0. The van der Waals surface area contributed by atoms with Gasteiger partial charge in [0.2, 0.25) is 0 Å². The largest absolute Gasteiger partial charge is 0.497 e. The number of hydrogen-bond donors (Lipinski definition) is 1. The van der Waals surface area contributed by atoms with Crippen LogP contribution in [0.25, 0.3) is 0 Å². The van der Waals surface area contributed by atoms with Crippen LogP contribution in [0.15, 0.2) is 18.2 Å². The summed E-state index contributed by atoms with van der Waals surface area (Å²) in [4.78, 5) is 0. The molecule has 1 aromatic rings. The first kappa shape index (κ1) is 15.8. The van der Waals surface area contributed by atoms with Crippen molar-refractivity contribution in [3.63, 3.8) is 0 Å². The second-order valence-corrected chi connectivity index (χ2v) is 4.72. The van der Waals surface area contributed by atoms with Gasteiger partial charge in [0.25, 0.3) is 0 Å². The summed E-state index contributed by atoms with van der Waals surface area (Å²) in [7, 11) is 3.18. The van der Waals surface area contributed by atoms with E-state index in [0.29, 0.717) is 18.1 Å². The minimum atomic E-state index is -0.721. The number of rotatable bonds is 7. The Hall–Kier alpha value is -1.26.